The molecule has 0 aliphatic carbocycles. The molecule has 0 N–H and O–H groups in total. The van der Waals surface area contributed by atoms with Crippen molar-refractivity contribution in [2.24, 2.45) is 0 Å². The van der Waals surface area contributed by atoms with E-state index < -0.39 is 7.12 Å². The molecular formula is C28H26BNO2. The lowest BCUT2D eigenvalue weighted by Gasteiger charge is -2.32. The van der Waals surface area contributed by atoms with Crippen molar-refractivity contribution < 1.29 is 9.31 Å². The second-order valence-electron chi connectivity index (χ2n) is 9.68. The molecule has 6 rings (SSSR count). The van der Waals surface area contributed by atoms with Crippen LogP contribution in [0.5, 0.6) is 0 Å². The second kappa shape index (κ2) is 6.71. The Hall–Kier alpha value is -3.08. The summed E-state index contributed by atoms with van der Waals surface area (Å²) in [6, 6.07) is 30.2. The Kier molecular flexibility index (Phi) is 4.11. The van der Waals surface area contributed by atoms with Crippen LogP contribution >= 0.6 is 0 Å². The predicted molar refractivity (Wildman–Crippen MR) is 134 cm³/mol. The fourth-order valence-corrected chi connectivity index (χ4v) is 4.86. The molecule has 3 nitrogen and oxygen atoms in total. The summed E-state index contributed by atoms with van der Waals surface area (Å²) in [7, 11) is -0.392. The third-order valence-electron chi connectivity index (χ3n) is 7.26. The highest BCUT2D eigenvalue weighted by Crippen LogP contribution is 2.38. The average molecular weight is 419 g/mol. The van der Waals surface area contributed by atoms with Crippen LogP contribution in [0.3, 0.4) is 0 Å². The van der Waals surface area contributed by atoms with Crippen LogP contribution in [0.2, 0.25) is 0 Å². The van der Waals surface area contributed by atoms with E-state index in [1.165, 1.54) is 32.9 Å². The van der Waals surface area contributed by atoms with Crippen LogP contribution in [0, 0.1) is 0 Å². The first-order valence-corrected chi connectivity index (χ1v) is 11.2. The van der Waals surface area contributed by atoms with Crippen LogP contribution in [0.4, 0.5) is 0 Å². The van der Waals surface area contributed by atoms with E-state index in [0.29, 0.717) is 0 Å². The van der Waals surface area contributed by atoms with Gasteiger partial charge in [0.2, 0.25) is 0 Å². The molecule has 0 atom stereocenters. The second-order valence-corrected chi connectivity index (χ2v) is 9.68. The predicted octanol–water partition coefficient (Wildman–Crippen LogP) is 6.24. The maximum Gasteiger partial charge on any atom is 0.495 e. The quantitative estimate of drug-likeness (QED) is 0.317. The zero-order valence-corrected chi connectivity index (χ0v) is 18.9. The molecule has 32 heavy (non-hydrogen) atoms. The number of fused-ring (bicyclic) bond motifs is 4. The fraction of sp³-hybridized carbons (Fsp3) is 0.214. The van der Waals surface area contributed by atoms with E-state index in [1.54, 1.807) is 0 Å². The lowest BCUT2D eigenvalue weighted by molar-refractivity contribution is 0.00578. The molecule has 4 heteroatoms. The number of rotatable bonds is 2. The summed E-state index contributed by atoms with van der Waals surface area (Å²) in [5, 5.41) is 4.88. The van der Waals surface area contributed by atoms with Gasteiger partial charge in [-0.25, -0.2) is 0 Å². The Morgan fingerprint density at radius 3 is 1.59 bits per heavy atom. The smallest absolute Gasteiger partial charge is 0.399 e. The van der Waals surface area contributed by atoms with Gasteiger partial charge < -0.3 is 13.9 Å². The van der Waals surface area contributed by atoms with E-state index in [4.69, 9.17) is 9.31 Å². The summed E-state index contributed by atoms with van der Waals surface area (Å²) in [5.41, 5.74) is 3.92. The first-order valence-electron chi connectivity index (χ1n) is 11.2. The van der Waals surface area contributed by atoms with Crippen LogP contribution in [-0.4, -0.2) is 22.9 Å². The molecule has 1 aliphatic rings. The third kappa shape index (κ3) is 2.70. The number of nitrogens with zero attached hydrogens (tertiary/aromatic N) is 1. The highest BCUT2D eigenvalue weighted by molar-refractivity contribution is 6.65. The number of para-hydroxylation sites is 2. The minimum atomic E-state index is -0.392. The van der Waals surface area contributed by atoms with Gasteiger partial charge in [-0.15, -0.1) is 0 Å². The van der Waals surface area contributed by atoms with E-state index in [9.17, 15) is 0 Å². The van der Waals surface area contributed by atoms with Crippen LogP contribution in [-0.2, 0) is 9.31 Å². The van der Waals surface area contributed by atoms with Crippen LogP contribution < -0.4 is 5.46 Å². The van der Waals surface area contributed by atoms with Crippen molar-refractivity contribution in [2.75, 3.05) is 0 Å². The standard InChI is InChI=1S/C28H26BNO2/c1-27(2)28(3,4)32-29(31-27)23-17-18-26(20-12-6-5-11-19(20)23)30-24-15-9-7-13-21(24)22-14-8-10-16-25(22)30/h5-18H,1-4H3. The van der Waals surface area contributed by atoms with Gasteiger partial charge in [-0.05, 0) is 56.7 Å². The number of hydrogen-bond donors (Lipinski definition) is 0. The van der Waals surface area contributed by atoms with Crippen molar-refractivity contribution in [2.45, 2.75) is 38.9 Å². The van der Waals surface area contributed by atoms with Gasteiger partial charge in [-0.1, -0.05) is 66.7 Å². The van der Waals surface area contributed by atoms with Gasteiger partial charge in [0, 0.05) is 16.2 Å². The molecule has 0 spiro atoms. The Morgan fingerprint density at radius 2 is 1.03 bits per heavy atom. The van der Waals surface area contributed by atoms with E-state index in [1.807, 2.05) is 0 Å². The molecule has 158 valence electrons. The summed E-state index contributed by atoms with van der Waals surface area (Å²) in [4.78, 5) is 0. The number of aromatic nitrogens is 1. The molecule has 0 unspecified atom stereocenters. The molecule has 1 aliphatic heterocycles. The van der Waals surface area contributed by atoms with Gasteiger partial charge in [0.05, 0.1) is 27.9 Å². The largest absolute Gasteiger partial charge is 0.495 e. The molecular weight excluding hydrogens is 393 g/mol. The zero-order valence-electron chi connectivity index (χ0n) is 18.9. The lowest BCUT2D eigenvalue weighted by Crippen LogP contribution is -2.41. The van der Waals surface area contributed by atoms with E-state index in [0.717, 1.165) is 10.8 Å². The van der Waals surface area contributed by atoms with Crippen molar-refractivity contribution in [3.05, 3.63) is 84.9 Å². The molecule has 0 bridgehead atoms. The van der Waals surface area contributed by atoms with Gasteiger partial charge >= 0.3 is 7.12 Å². The molecule has 0 saturated carbocycles. The Labute approximate surface area is 188 Å². The molecule has 5 aromatic rings. The molecule has 1 fully saturated rings. The molecule has 4 aromatic carbocycles. The Bertz CT molecular complexity index is 1430. The summed E-state index contributed by atoms with van der Waals surface area (Å²) >= 11 is 0. The first-order chi connectivity index (χ1) is 15.4. The van der Waals surface area contributed by atoms with E-state index in [2.05, 4.69) is 117 Å². The molecule has 2 heterocycles. The Balaban J connectivity index is 1.62. The van der Waals surface area contributed by atoms with E-state index >= 15 is 0 Å². The topological polar surface area (TPSA) is 23.4 Å². The van der Waals surface area contributed by atoms with Crippen LogP contribution in [0.1, 0.15) is 27.7 Å². The van der Waals surface area contributed by atoms with Gasteiger partial charge in [0.15, 0.2) is 0 Å². The first kappa shape index (κ1) is 19.6. The lowest BCUT2D eigenvalue weighted by atomic mass is 9.76. The molecule has 0 amide bonds. The summed E-state index contributed by atoms with van der Waals surface area (Å²) in [6.07, 6.45) is 0. The summed E-state index contributed by atoms with van der Waals surface area (Å²) in [5.74, 6) is 0. The van der Waals surface area contributed by atoms with Crippen molar-refractivity contribution in [3.63, 3.8) is 0 Å². The van der Waals surface area contributed by atoms with Crippen molar-refractivity contribution in [1.82, 2.24) is 4.57 Å². The maximum absolute atomic E-state index is 6.40. The highest BCUT2D eigenvalue weighted by atomic mass is 16.7. The average Bonchev–Trinajstić information content (AvgIpc) is 3.23. The summed E-state index contributed by atoms with van der Waals surface area (Å²) < 4.78 is 15.2. The van der Waals surface area contributed by atoms with Crippen LogP contribution in [0.25, 0.3) is 38.3 Å². The van der Waals surface area contributed by atoms with Gasteiger partial charge in [0.25, 0.3) is 0 Å². The fourth-order valence-electron chi connectivity index (χ4n) is 4.86. The third-order valence-corrected chi connectivity index (χ3v) is 7.26. The van der Waals surface area contributed by atoms with Gasteiger partial charge in [-0.3, -0.25) is 0 Å². The van der Waals surface area contributed by atoms with Crippen molar-refractivity contribution >= 4 is 45.2 Å². The molecule has 0 radical (unpaired) electrons. The van der Waals surface area contributed by atoms with Crippen LogP contribution in [0.15, 0.2) is 84.9 Å². The van der Waals surface area contributed by atoms with Gasteiger partial charge in [0.1, 0.15) is 0 Å². The minimum absolute atomic E-state index is 0.371. The number of hydrogen-bond acceptors (Lipinski definition) is 2. The number of benzene rings is 4. The monoisotopic (exact) mass is 419 g/mol. The Morgan fingerprint density at radius 1 is 0.562 bits per heavy atom. The minimum Gasteiger partial charge on any atom is -0.399 e. The molecule has 1 aromatic heterocycles. The van der Waals surface area contributed by atoms with Crippen molar-refractivity contribution in [3.8, 4) is 5.69 Å². The van der Waals surface area contributed by atoms with E-state index in [-0.39, 0.29) is 11.2 Å². The van der Waals surface area contributed by atoms with Gasteiger partial charge in [-0.2, -0.15) is 0 Å². The summed E-state index contributed by atoms with van der Waals surface area (Å²) in [6.45, 7) is 8.40. The van der Waals surface area contributed by atoms with Crippen molar-refractivity contribution in [1.29, 1.82) is 0 Å². The maximum atomic E-state index is 6.40. The zero-order chi connectivity index (χ0) is 22.1. The normalized spacial score (nSPS) is 17.6. The molecule has 1 saturated heterocycles. The highest BCUT2D eigenvalue weighted by Gasteiger charge is 2.52. The SMILES string of the molecule is CC1(C)OB(c2ccc(-n3c4ccccc4c4ccccc43)c3ccccc23)OC1(C)C.